The smallest absolute Gasteiger partial charge is 0.341 e. The summed E-state index contributed by atoms with van der Waals surface area (Å²) >= 11 is 0. The van der Waals surface area contributed by atoms with Gasteiger partial charge in [-0.2, -0.15) is 0 Å². The first-order chi connectivity index (χ1) is 11.0. The highest BCUT2D eigenvalue weighted by molar-refractivity contribution is 5.90. The van der Waals surface area contributed by atoms with E-state index in [2.05, 4.69) is 10.6 Å². The Labute approximate surface area is 148 Å². The summed E-state index contributed by atoms with van der Waals surface area (Å²) in [6.07, 6.45) is 5.24. The number of piperidine rings is 1. The molecule has 0 aromatic carbocycles. The van der Waals surface area contributed by atoms with Gasteiger partial charge in [0.15, 0.2) is 0 Å². The number of rotatable bonds is 5. The molecule has 2 unspecified atom stereocenters. The summed E-state index contributed by atoms with van der Waals surface area (Å²) in [5, 5.41) is 6.47. The lowest BCUT2D eigenvalue weighted by Crippen LogP contribution is -2.39. The first-order valence-corrected chi connectivity index (χ1v) is 8.25. The number of esters is 1. The molecular weight excluding hydrogens is 332 g/mol. The van der Waals surface area contributed by atoms with Gasteiger partial charge < -0.3 is 19.8 Å². The summed E-state index contributed by atoms with van der Waals surface area (Å²) < 4.78 is 10.2. The van der Waals surface area contributed by atoms with Gasteiger partial charge in [-0.3, -0.25) is 4.79 Å². The largest absolute Gasteiger partial charge is 0.465 e. The number of halogens is 1. The number of hydrogen-bond donors (Lipinski definition) is 2. The molecule has 2 aliphatic rings. The highest BCUT2D eigenvalue weighted by atomic mass is 35.5. The van der Waals surface area contributed by atoms with E-state index in [0.29, 0.717) is 48.1 Å². The monoisotopic (exact) mass is 356 g/mol. The molecule has 0 spiro atoms. The van der Waals surface area contributed by atoms with Gasteiger partial charge in [0.2, 0.25) is 5.91 Å². The van der Waals surface area contributed by atoms with E-state index in [-0.39, 0.29) is 18.3 Å². The third-order valence-electron chi connectivity index (χ3n) is 4.88. The molecule has 1 aromatic rings. The zero-order chi connectivity index (χ0) is 16.4. The number of fused-ring (bicyclic) bond motifs is 2. The lowest BCUT2D eigenvalue weighted by atomic mass is 9.89. The normalized spacial score (nSPS) is 25.0. The highest BCUT2D eigenvalue weighted by Gasteiger charge is 2.34. The van der Waals surface area contributed by atoms with Crippen LogP contribution >= 0.6 is 12.4 Å². The van der Waals surface area contributed by atoms with Gasteiger partial charge in [-0.1, -0.05) is 0 Å². The van der Waals surface area contributed by atoms with Crippen molar-refractivity contribution < 1.29 is 18.7 Å². The second-order valence-electron chi connectivity index (χ2n) is 6.63. The van der Waals surface area contributed by atoms with Crippen LogP contribution in [0.25, 0.3) is 0 Å². The number of methoxy groups -OCH3 is 1. The summed E-state index contributed by atoms with van der Waals surface area (Å²) in [5.41, 5.74) is 0.409. The van der Waals surface area contributed by atoms with Crippen LogP contribution in [-0.4, -0.2) is 31.1 Å². The van der Waals surface area contributed by atoms with Crippen molar-refractivity contribution in [1.29, 1.82) is 0 Å². The van der Waals surface area contributed by atoms with Gasteiger partial charge in [0.05, 0.1) is 13.7 Å². The molecule has 3 rings (SSSR count). The molecule has 3 heterocycles. The number of carbonyl (C=O) groups excluding carboxylic acids is 2. The molecular formula is C17H25ClN2O4. The fourth-order valence-corrected chi connectivity index (χ4v) is 3.81. The Bertz CT molecular complexity index is 589. The van der Waals surface area contributed by atoms with Crippen molar-refractivity contribution in [2.45, 2.75) is 57.7 Å². The lowest BCUT2D eigenvalue weighted by Gasteiger charge is -2.28. The molecule has 134 valence electrons. The van der Waals surface area contributed by atoms with E-state index in [4.69, 9.17) is 9.15 Å². The fraction of sp³-hybridized carbons (Fsp3) is 0.647. The third-order valence-corrected chi connectivity index (χ3v) is 4.88. The van der Waals surface area contributed by atoms with Crippen LogP contribution in [-0.2, 0) is 16.1 Å². The number of nitrogens with one attached hydrogen (secondary N) is 2. The Hall–Kier alpha value is -1.53. The average Bonchev–Trinajstić information content (AvgIpc) is 3.07. The molecule has 2 saturated heterocycles. The number of hydrogen-bond acceptors (Lipinski definition) is 5. The van der Waals surface area contributed by atoms with E-state index < -0.39 is 5.97 Å². The summed E-state index contributed by atoms with van der Waals surface area (Å²) in [7, 11) is 1.34. The molecule has 0 saturated carbocycles. The first-order valence-electron chi connectivity index (χ1n) is 8.25. The van der Waals surface area contributed by atoms with Gasteiger partial charge in [-0.15, -0.1) is 12.4 Å². The number of furan rings is 1. The van der Waals surface area contributed by atoms with E-state index in [1.807, 2.05) is 0 Å². The lowest BCUT2D eigenvalue weighted by molar-refractivity contribution is -0.122. The first kappa shape index (κ1) is 18.8. The van der Waals surface area contributed by atoms with E-state index in [9.17, 15) is 9.59 Å². The molecule has 24 heavy (non-hydrogen) atoms. The molecule has 0 radical (unpaired) electrons. The van der Waals surface area contributed by atoms with Crippen LogP contribution < -0.4 is 10.6 Å². The molecule has 1 amide bonds. The Morgan fingerprint density at radius 2 is 2.00 bits per heavy atom. The van der Waals surface area contributed by atoms with Gasteiger partial charge in [0.1, 0.15) is 17.1 Å². The molecule has 2 atom stereocenters. The SMILES string of the molecule is COC(=O)c1cc(CNC(=O)CC2CC3CCC(C2)N3)oc1C.Cl. The molecule has 2 N–H and O–H groups in total. The van der Waals surface area contributed by atoms with Crippen molar-refractivity contribution in [2.75, 3.05) is 7.11 Å². The van der Waals surface area contributed by atoms with Crippen molar-refractivity contribution in [3.63, 3.8) is 0 Å². The van der Waals surface area contributed by atoms with Crippen molar-refractivity contribution in [3.05, 3.63) is 23.2 Å². The molecule has 0 aliphatic carbocycles. The van der Waals surface area contributed by atoms with Gasteiger partial charge in [0.25, 0.3) is 0 Å². The van der Waals surface area contributed by atoms with Crippen molar-refractivity contribution in [2.24, 2.45) is 5.92 Å². The number of aryl methyl sites for hydroxylation is 1. The van der Waals surface area contributed by atoms with Crippen LogP contribution in [0.15, 0.2) is 10.5 Å². The van der Waals surface area contributed by atoms with Gasteiger partial charge in [-0.05, 0) is 44.6 Å². The maximum absolute atomic E-state index is 12.1. The summed E-state index contributed by atoms with van der Waals surface area (Å²) in [5.74, 6) is 1.18. The minimum absolute atomic E-state index is 0. The average molecular weight is 357 g/mol. The quantitative estimate of drug-likeness (QED) is 0.791. The highest BCUT2D eigenvalue weighted by Crippen LogP contribution is 2.32. The van der Waals surface area contributed by atoms with E-state index >= 15 is 0 Å². The summed E-state index contributed by atoms with van der Waals surface area (Å²) in [6.45, 7) is 2.01. The van der Waals surface area contributed by atoms with Crippen molar-refractivity contribution in [3.8, 4) is 0 Å². The Morgan fingerprint density at radius 3 is 2.62 bits per heavy atom. The van der Waals surface area contributed by atoms with Crippen molar-refractivity contribution in [1.82, 2.24) is 10.6 Å². The summed E-state index contributed by atoms with van der Waals surface area (Å²) in [4.78, 5) is 23.7. The number of carbonyl (C=O) groups is 2. The van der Waals surface area contributed by atoms with Crippen LogP contribution in [0.2, 0.25) is 0 Å². The molecule has 1 aromatic heterocycles. The molecule has 2 fully saturated rings. The van der Waals surface area contributed by atoms with Crippen molar-refractivity contribution >= 4 is 24.3 Å². The maximum atomic E-state index is 12.1. The van der Waals surface area contributed by atoms with Gasteiger partial charge >= 0.3 is 5.97 Å². The van der Waals surface area contributed by atoms with Crippen LogP contribution in [0, 0.1) is 12.8 Å². The van der Waals surface area contributed by atoms with E-state index in [0.717, 1.165) is 12.8 Å². The molecule has 7 heteroatoms. The number of amides is 1. The topological polar surface area (TPSA) is 80.6 Å². The third kappa shape index (κ3) is 4.30. The minimum Gasteiger partial charge on any atom is -0.465 e. The zero-order valence-corrected chi connectivity index (χ0v) is 14.9. The molecule has 2 aliphatic heterocycles. The van der Waals surface area contributed by atoms with E-state index in [1.165, 1.54) is 20.0 Å². The van der Waals surface area contributed by atoms with Crippen LogP contribution in [0.1, 0.15) is 54.0 Å². The Balaban J connectivity index is 0.00000208. The van der Waals surface area contributed by atoms with E-state index in [1.54, 1.807) is 13.0 Å². The fourth-order valence-electron chi connectivity index (χ4n) is 3.81. The summed E-state index contributed by atoms with van der Waals surface area (Å²) in [6, 6.07) is 2.83. The van der Waals surface area contributed by atoms with Crippen LogP contribution in [0.3, 0.4) is 0 Å². The Kier molecular flexibility index (Phi) is 6.29. The van der Waals surface area contributed by atoms with Crippen LogP contribution in [0.5, 0.6) is 0 Å². The second kappa shape index (κ2) is 8.03. The predicted molar refractivity (Wildman–Crippen MR) is 91.2 cm³/mol. The number of ether oxygens (including phenoxy) is 1. The Morgan fingerprint density at radius 1 is 1.33 bits per heavy atom. The zero-order valence-electron chi connectivity index (χ0n) is 14.1. The standard InChI is InChI=1S/C17H24N2O4.ClH/c1-10-15(17(21)22-2)8-14(23-10)9-18-16(20)7-11-5-12-3-4-13(6-11)19-12;/h8,11-13,19H,3-7,9H2,1-2H3,(H,18,20);1H. The molecule has 6 nitrogen and oxygen atoms in total. The van der Waals surface area contributed by atoms with Gasteiger partial charge in [-0.25, -0.2) is 4.79 Å². The minimum atomic E-state index is -0.422. The maximum Gasteiger partial charge on any atom is 0.341 e. The molecule has 2 bridgehead atoms. The van der Waals surface area contributed by atoms with Crippen LogP contribution in [0.4, 0.5) is 0 Å². The van der Waals surface area contributed by atoms with Gasteiger partial charge in [0, 0.05) is 18.5 Å². The predicted octanol–water partition coefficient (Wildman–Crippen LogP) is 2.33. The second-order valence-corrected chi connectivity index (χ2v) is 6.63.